The number of rotatable bonds is 1. The van der Waals surface area contributed by atoms with E-state index < -0.39 is 0 Å². The Kier molecular flexibility index (Phi) is 2.32. The summed E-state index contributed by atoms with van der Waals surface area (Å²) < 4.78 is 0. The summed E-state index contributed by atoms with van der Waals surface area (Å²) in [6.07, 6.45) is 3.68. The van der Waals surface area contributed by atoms with Gasteiger partial charge in [-0.05, 0) is 24.7 Å². The van der Waals surface area contributed by atoms with E-state index in [4.69, 9.17) is 5.26 Å². The van der Waals surface area contributed by atoms with Crippen molar-refractivity contribution in [3.8, 4) is 6.07 Å². The van der Waals surface area contributed by atoms with Crippen LogP contribution in [0.5, 0.6) is 0 Å². The molecule has 0 aromatic carbocycles. The second-order valence-corrected chi connectivity index (χ2v) is 3.57. The van der Waals surface area contributed by atoms with Gasteiger partial charge in [-0.2, -0.15) is 5.26 Å². The first-order chi connectivity index (χ1) is 4.75. The van der Waals surface area contributed by atoms with Gasteiger partial charge in [0, 0.05) is 5.92 Å². The van der Waals surface area contributed by atoms with Crippen LogP contribution in [0.25, 0.3) is 0 Å². The van der Waals surface area contributed by atoms with Gasteiger partial charge in [-0.3, -0.25) is 0 Å². The molecule has 0 unspecified atom stereocenters. The van der Waals surface area contributed by atoms with Crippen LogP contribution in [0, 0.1) is 29.1 Å². The average Bonchev–Trinajstić information content (AvgIpc) is 2.33. The van der Waals surface area contributed by atoms with E-state index in [-0.39, 0.29) is 0 Å². The zero-order chi connectivity index (χ0) is 7.56. The van der Waals surface area contributed by atoms with Crippen molar-refractivity contribution in [1.82, 2.24) is 0 Å². The summed E-state index contributed by atoms with van der Waals surface area (Å²) in [5.74, 6) is 1.75. The summed E-state index contributed by atoms with van der Waals surface area (Å²) >= 11 is 0. The Balaban J connectivity index is 2.52. The highest BCUT2D eigenvalue weighted by atomic mass is 14.4. The molecule has 1 aliphatic carbocycles. The zero-order valence-corrected chi connectivity index (χ0v) is 6.80. The van der Waals surface area contributed by atoms with E-state index in [1.165, 1.54) is 12.8 Å². The van der Waals surface area contributed by atoms with Crippen LogP contribution < -0.4 is 0 Å². The minimum atomic E-state index is 0.361. The largest absolute Gasteiger partial charge is 0.198 e. The highest BCUT2D eigenvalue weighted by Gasteiger charge is 2.28. The molecule has 10 heavy (non-hydrogen) atoms. The highest BCUT2D eigenvalue weighted by Crippen LogP contribution is 2.35. The molecule has 1 rings (SSSR count). The molecule has 1 nitrogen and oxygen atoms in total. The van der Waals surface area contributed by atoms with Crippen LogP contribution in [0.3, 0.4) is 0 Å². The van der Waals surface area contributed by atoms with Crippen LogP contribution in [0.4, 0.5) is 0 Å². The summed E-state index contributed by atoms with van der Waals surface area (Å²) in [5, 5.41) is 8.74. The first-order valence-corrected chi connectivity index (χ1v) is 4.15. The van der Waals surface area contributed by atoms with E-state index in [1.54, 1.807) is 0 Å². The van der Waals surface area contributed by atoms with E-state index in [0.717, 1.165) is 6.42 Å². The molecule has 0 amide bonds. The van der Waals surface area contributed by atoms with Crippen molar-refractivity contribution in [3.63, 3.8) is 0 Å². The average molecular weight is 137 g/mol. The summed E-state index contributed by atoms with van der Waals surface area (Å²) in [4.78, 5) is 0. The lowest BCUT2D eigenvalue weighted by atomic mass is 9.87. The fraction of sp³-hybridized carbons (Fsp3) is 0.889. The molecular weight excluding hydrogens is 122 g/mol. The first-order valence-electron chi connectivity index (χ1n) is 4.15. The predicted octanol–water partition coefficient (Wildman–Crippen LogP) is 2.58. The molecule has 2 atom stereocenters. The molecular formula is C9H15N. The van der Waals surface area contributed by atoms with Gasteiger partial charge in [-0.25, -0.2) is 0 Å². The molecule has 0 aliphatic heterocycles. The van der Waals surface area contributed by atoms with E-state index in [2.05, 4.69) is 19.9 Å². The summed E-state index contributed by atoms with van der Waals surface area (Å²) in [7, 11) is 0. The van der Waals surface area contributed by atoms with Gasteiger partial charge in [-0.15, -0.1) is 0 Å². The molecule has 0 N–H and O–H groups in total. The van der Waals surface area contributed by atoms with Crippen molar-refractivity contribution in [2.75, 3.05) is 0 Å². The lowest BCUT2D eigenvalue weighted by molar-refractivity contribution is 0.344. The maximum Gasteiger partial charge on any atom is 0.0658 e. The quantitative estimate of drug-likeness (QED) is 0.545. The maximum atomic E-state index is 8.74. The number of hydrogen-bond donors (Lipinski definition) is 0. The lowest BCUT2D eigenvalue weighted by Gasteiger charge is -2.16. The van der Waals surface area contributed by atoms with Crippen LogP contribution in [0.2, 0.25) is 0 Å². The molecule has 0 aromatic heterocycles. The second-order valence-electron chi connectivity index (χ2n) is 3.57. The van der Waals surface area contributed by atoms with Crippen molar-refractivity contribution in [2.24, 2.45) is 17.8 Å². The van der Waals surface area contributed by atoms with Gasteiger partial charge in [0.05, 0.1) is 6.07 Å². The second kappa shape index (κ2) is 3.05. The highest BCUT2D eigenvalue weighted by molar-refractivity contribution is 4.93. The van der Waals surface area contributed by atoms with Crippen LogP contribution in [0.1, 0.15) is 33.1 Å². The summed E-state index contributed by atoms with van der Waals surface area (Å²) in [6, 6.07) is 2.40. The lowest BCUT2D eigenvalue weighted by Crippen LogP contribution is -2.12. The van der Waals surface area contributed by atoms with Gasteiger partial charge < -0.3 is 0 Å². The number of hydrogen-bond acceptors (Lipinski definition) is 1. The molecule has 0 saturated heterocycles. The van der Waals surface area contributed by atoms with E-state index >= 15 is 0 Å². The third kappa shape index (κ3) is 1.31. The van der Waals surface area contributed by atoms with Gasteiger partial charge in [0.15, 0.2) is 0 Å². The van der Waals surface area contributed by atoms with Gasteiger partial charge >= 0.3 is 0 Å². The Labute approximate surface area is 63.0 Å². The standard InChI is InChI=1S/C9H15N/c1-7(2)9-5-3-4-8(9)6-10/h7-9H,3-5H2,1-2H3/t8-,9+/m0/s1. The third-order valence-corrected chi connectivity index (χ3v) is 2.59. The van der Waals surface area contributed by atoms with Gasteiger partial charge in [0.25, 0.3) is 0 Å². The SMILES string of the molecule is CC(C)[C@H]1CCC[C@H]1C#N. The minimum absolute atomic E-state index is 0.361. The fourth-order valence-electron chi connectivity index (χ4n) is 1.95. The van der Waals surface area contributed by atoms with Gasteiger partial charge in [0.2, 0.25) is 0 Å². The van der Waals surface area contributed by atoms with Crippen molar-refractivity contribution >= 4 is 0 Å². The third-order valence-electron chi connectivity index (χ3n) is 2.59. The van der Waals surface area contributed by atoms with Crippen molar-refractivity contribution in [3.05, 3.63) is 0 Å². The first kappa shape index (κ1) is 7.60. The van der Waals surface area contributed by atoms with Crippen LogP contribution >= 0.6 is 0 Å². The van der Waals surface area contributed by atoms with E-state index in [0.29, 0.717) is 17.8 Å². The number of nitrogens with zero attached hydrogens (tertiary/aromatic N) is 1. The van der Waals surface area contributed by atoms with E-state index in [9.17, 15) is 0 Å². The predicted molar refractivity (Wildman–Crippen MR) is 41.3 cm³/mol. The summed E-state index contributed by atoms with van der Waals surface area (Å²) in [6.45, 7) is 4.45. The van der Waals surface area contributed by atoms with E-state index in [1.807, 2.05) is 0 Å². The van der Waals surface area contributed by atoms with Crippen molar-refractivity contribution in [2.45, 2.75) is 33.1 Å². The molecule has 0 heterocycles. The molecule has 0 spiro atoms. The van der Waals surface area contributed by atoms with Crippen LogP contribution in [-0.2, 0) is 0 Å². The van der Waals surface area contributed by atoms with Crippen LogP contribution in [-0.4, -0.2) is 0 Å². The van der Waals surface area contributed by atoms with Gasteiger partial charge in [-0.1, -0.05) is 20.3 Å². The molecule has 1 fully saturated rings. The molecule has 56 valence electrons. The fourth-order valence-corrected chi connectivity index (χ4v) is 1.95. The smallest absolute Gasteiger partial charge is 0.0658 e. The topological polar surface area (TPSA) is 23.8 Å². The Morgan fingerprint density at radius 1 is 1.40 bits per heavy atom. The Morgan fingerprint density at radius 2 is 2.10 bits per heavy atom. The maximum absolute atomic E-state index is 8.74. The van der Waals surface area contributed by atoms with Crippen molar-refractivity contribution < 1.29 is 0 Å². The monoisotopic (exact) mass is 137 g/mol. The molecule has 0 bridgehead atoms. The molecule has 0 radical (unpaired) electrons. The summed E-state index contributed by atoms with van der Waals surface area (Å²) in [5.41, 5.74) is 0. The molecule has 0 aromatic rings. The molecule has 1 heteroatoms. The Hall–Kier alpha value is -0.510. The number of nitriles is 1. The zero-order valence-electron chi connectivity index (χ0n) is 6.80. The van der Waals surface area contributed by atoms with Crippen molar-refractivity contribution in [1.29, 1.82) is 5.26 Å². The Morgan fingerprint density at radius 3 is 2.50 bits per heavy atom. The normalized spacial score (nSPS) is 32.6. The molecule has 1 aliphatic rings. The Bertz CT molecular complexity index is 143. The van der Waals surface area contributed by atoms with Gasteiger partial charge in [0.1, 0.15) is 0 Å². The molecule has 1 saturated carbocycles. The minimum Gasteiger partial charge on any atom is -0.198 e. The van der Waals surface area contributed by atoms with Crippen LogP contribution in [0.15, 0.2) is 0 Å².